The number of hydrogen-bond acceptors (Lipinski definition) is 2. The van der Waals surface area contributed by atoms with Gasteiger partial charge in [0.15, 0.2) is 0 Å². The second-order valence-corrected chi connectivity index (χ2v) is 11.4. The SMILES string of the molecule is CC.CC12CCCC34CCC(N)CC3CCC(C4)C1CCC2CCCC(=O)O.CCC. The first-order chi connectivity index (χ1) is 14.8. The van der Waals surface area contributed by atoms with Crippen LogP contribution in [0.4, 0.5) is 0 Å². The molecule has 0 aromatic rings. The molecule has 3 N–H and O–H groups in total. The monoisotopic (exact) mass is 435 g/mol. The summed E-state index contributed by atoms with van der Waals surface area (Å²) in [7, 11) is 0. The molecule has 0 saturated heterocycles. The summed E-state index contributed by atoms with van der Waals surface area (Å²) in [6, 6.07) is 0.461. The zero-order chi connectivity index (χ0) is 23.1. The largest absolute Gasteiger partial charge is 0.481 e. The molecule has 1 spiro atoms. The Labute approximate surface area is 193 Å². The number of fused-ring (bicyclic) bond motifs is 3. The predicted molar refractivity (Wildman–Crippen MR) is 132 cm³/mol. The van der Waals surface area contributed by atoms with Gasteiger partial charge in [-0.3, -0.25) is 4.79 Å². The number of carboxylic acids is 1. The molecule has 4 aliphatic rings. The normalized spacial score (nSPS) is 41.2. The van der Waals surface area contributed by atoms with Gasteiger partial charge in [0.2, 0.25) is 0 Å². The Balaban J connectivity index is 0.000000630. The van der Waals surface area contributed by atoms with Crippen molar-refractivity contribution in [1.29, 1.82) is 0 Å². The lowest BCUT2D eigenvalue weighted by atomic mass is 9.49. The molecule has 4 rings (SSSR count). The number of rotatable bonds is 4. The minimum atomic E-state index is -0.627. The van der Waals surface area contributed by atoms with Crippen LogP contribution in [0.3, 0.4) is 0 Å². The average molecular weight is 436 g/mol. The summed E-state index contributed by atoms with van der Waals surface area (Å²) < 4.78 is 0. The Bertz CT molecular complexity index is 549. The molecule has 0 aromatic carbocycles. The van der Waals surface area contributed by atoms with Gasteiger partial charge in [0, 0.05) is 12.5 Å². The highest BCUT2D eigenvalue weighted by Crippen LogP contribution is 2.64. The van der Waals surface area contributed by atoms with Crippen molar-refractivity contribution in [3.05, 3.63) is 0 Å². The second kappa shape index (κ2) is 12.1. The Morgan fingerprint density at radius 2 is 1.74 bits per heavy atom. The van der Waals surface area contributed by atoms with Gasteiger partial charge in [-0.15, -0.1) is 0 Å². The first kappa shape index (κ1) is 26.7. The molecule has 0 heterocycles. The van der Waals surface area contributed by atoms with Gasteiger partial charge < -0.3 is 10.8 Å². The minimum Gasteiger partial charge on any atom is -0.481 e. The van der Waals surface area contributed by atoms with E-state index in [1.54, 1.807) is 0 Å². The van der Waals surface area contributed by atoms with E-state index in [9.17, 15) is 4.79 Å². The maximum Gasteiger partial charge on any atom is 0.303 e. The Morgan fingerprint density at radius 1 is 1.03 bits per heavy atom. The first-order valence-electron chi connectivity index (χ1n) is 13.8. The Hall–Kier alpha value is -0.570. The topological polar surface area (TPSA) is 63.3 Å². The van der Waals surface area contributed by atoms with Gasteiger partial charge in [-0.25, -0.2) is 0 Å². The highest BCUT2D eigenvalue weighted by Gasteiger charge is 2.55. The lowest BCUT2D eigenvalue weighted by Crippen LogP contribution is -2.49. The average Bonchev–Trinajstić information content (AvgIpc) is 3.05. The Kier molecular flexibility index (Phi) is 10.4. The molecule has 4 aliphatic carbocycles. The van der Waals surface area contributed by atoms with E-state index in [-0.39, 0.29) is 0 Å². The second-order valence-electron chi connectivity index (χ2n) is 11.4. The van der Waals surface area contributed by atoms with Gasteiger partial charge in [-0.2, -0.15) is 0 Å². The van der Waals surface area contributed by atoms with Crippen LogP contribution < -0.4 is 5.73 Å². The van der Waals surface area contributed by atoms with E-state index in [0.717, 1.165) is 36.5 Å². The third-order valence-electron chi connectivity index (χ3n) is 9.53. The van der Waals surface area contributed by atoms with Gasteiger partial charge in [-0.05, 0) is 112 Å². The van der Waals surface area contributed by atoms with E-state index in [2.05, 4.69) is 20.8 Å². The smallest absolute Gasteiger partial charge is 0.303 e. The first-order valence-corrected chi connectivity index (χ1v) is 13.8. The highest BCUT2D eigenvalue weighted by molar-refractivity contribution is 5.66. The van der Waals surface area contributed by atoms with Crippen LogP contribution in [0.2, 0.25) is 0 Å². The lowest BCUT2D eigenvalue weighted by Gasteiger charge is -2.56. The molecule has 4 saturated carbocycles. The van der Waals surface area contributed by atoms with Gasteiger partial charge in [0.05, 0.1) is 0 Å². The van der Waals surface area contributed by atoms with Crippen molar-refractivity contribution in [2.24, 2.45) is 40.2 Å². The maximum absolute atomic E-state index is 10.9. The summed E-state index contributed by atoms with van der Waals surface area (Å²) in [5.41, 5.74) is 7.43. The minimum absolute atomic E-state index is 0.353. The standard InChI is InChI=1S/C23H39NO2.C3H8.C2H6/c1-22-11-3-12-23-13-10-19(24)14-18(23)7-6-16(15-23)20(22)9-8-17(22)4-2-5-21(25)26;1-3-2;1-2/h16-20H,2-15,24H2,1H3,(H,25,26);3H2,1-2H3;1-2H3. The molecule has 4 fully saturated rings. The molecule has 31 heavy (non-hydrogen) atoms. The van der Waals surface area contributed by atoms with E-state index >= 15 is 0 Å². The van der Waals surface area contributed by atoms with Crippen molar-refractivity contribution in [2.45, 2.75) is 137 Å². The highest BCUT2D eigenvalue weighted by atomic mass is 16.4. The molecule has 7 atom stereocenters. The Morgan fingerprint density at radius 3 is 2.42 bits per heavy atom. The van der Waals surface area contributed by atoms with Crippen molar-refractivity contribution in [3.8, 4) is 0 Å². The van der Waals surface area contributed by atoms with Crippen molar-refractivity contribution >= 4 is 5.97 Å². The van der Waals surface area contributed by atoms with E-state index in [1.807, 2.05) is 13.8 Å². The van der Waals surface area contributed by atoms with Gasteiger partial charge >= 0.3 is 5.97 Å². The molecular weight excluding hydrogens is 382 g/mol. The predicted octanol–water partition coefficient (Wildman–Crippen LogP) is 7.81. The summed E-state index contributed by atoms with van der Waals surface area (Å²) >= 11 is 0. The molecule has 182 valence electrons. The molecule has 0 amide bonds. The van der Waals surface area contributed by atoms with Crippen molar-refractivity contribution in [2.75, 3.05) is 0 Å². The lowest BCUT2D eigenvalue weighted by molar-refractivity contribution is -0.137. The molecule has 0 aliphatic heterocycles. The summed E-state index contributed by atoms with van der Waals surface area (Å²) in [5, 5.41) is 9.00. The van der Waals surface area contributed by atoms with Crippen molar-refractivity contribution < 1.29 is 9.90 Å². The fraction of sp³-hybridized carbons (Fsp3) is 0.964. The quantitative estimate of drug-likeness (QED) is 0.473. The fourth-order valence-electron chi connectivity index (χ4n) is 8.22. The van der Waals surface area contributed by atoms with Crippen molar-refractivity contribution in [1.82, 2.24) is 0 Å². The third kappa shape index (κ3) is 6.06. The summed E-state index contributed by atoms with van der Waals surface area (Å²) in [6.45, 7) is 10.8. The van der Waals surface area contributed by atoms with E-state index < -0.39 is 5.97 Å². The van der Waals surface area contributed by atoms with Crippen LogP contribution in [0.1, 0.15) is 131 Å². The zero-order valence-electron chi connectivity index (χ0n) is 21.4. The maximum atomic E-state index is 10.9. The van der Waals surface area contributed by atoms with E-state index in [1.165, 1.54) is 77.0 Å². The van der Waals surface area contributed by atoms with Crippen LogP contribution in [0.15, 0.2) is 0 Å². The van der Waals surface area contributed by atoms with Crippen LogP contribution in [0, 0.1) is 34.5 Å². The third-order valence-corrected chi connectivity index (χ3v) is 9.53. The summed E-state index contributed by atoms with van der Waals surface area (Å²) in [4.78, 5) is 10.9. The van der Waals surface area contributed by atoms with Crippen molar-refractivity contribution in [3.63, 3.8) is 0 Å². The molecule has 3 heteroatoms. The van der Waals surface area contributed by atoms with E-state index in [4.69, 9.17) is 10.8 Å². The number of carbonyl (C=O) groups is 1. The number of carboxylic acid groups (broad SMARTS) is 1. The zero-order valence-corrected chi connectivity index (χ0v) is 21.4. The van der Waals surface area contributed by atoms with E-state index in [0.29, 0.717) is 23.3 Å². The molecule has 0 radical (unpaired) electrons. The molecule has 0 aromatic heterocycles. The van der Waals surface area contributed by atoms with Crippen LogP contribution in [-0.2, 0) is 4.79 Å². The van der Waals surface area contributed by atoms with Gasteiger partial charge in [0.25, 0.3) is 0 Å². The molecule has 2 bridgehead atoms. The number of hydrogen-bond donors (Lipinski definition) is 2. The summed E-state index contributed by atoms with van der Waals surface area (Å²) in [6.07, 6.45) is 18.8. The van der Waals surface area contributed by atoms with Crippen LogP contribution in [0.25, 0.3) is 0 Å². The number of nitrogens with two attached hydrogens (primary N) is 1. The molecule has 3 nitrogen and oxygen atoms in total. The summed E-state index contributed by atoms with van der Waals surface area (Å²) in [5.74, 6) is 2.86. The van der Waals surface area contributed by atoms with Crippen LogP contribution >= 0.6 is 0 Å². The molecular formula is C28H53NO2. The van der Waals surface area contributed by atoms with Gasteiger partial charge in [0.1, 0.15) is 0 Å². The fourth-order valence-corrected chi connectivity index (χ4v) is 8.22. The van der Waals surface area contributed by atoms with Crippen LogP contribution in [-0.4, -0.2) is 17.1 Å². The van der Waals surface area contributed by atoms with Crippen LogP contribution in [0.5, 0.6) is 0 Å². The van der Waals surface area contributed by atoms with Gasteiger partial charge in [-0.1, -0.05) is 47.5 Å². The molecule has 7 unspecified atom stereocenters. The number of aliphatic carboxylic acids is 1.